The molecule has 108 valence electrons. The van der Waals surface area contributed by atoms with Crippen LogP contribution >= 0.6 is 0 Å². The van der Waals surface area contributed by atoms with Gasteiger partial charge in [-0.25, -0.2) is 0 Å². The molecular formula is C16H22N2O2. The number of fused-ring (bicyclic) bond motifs is 1. The van der Waals surface area contributed by atoms with Gasteiger partial charge in [0, 0.05) is 19.6 Å². The average Bonchev–Trinajstić information content (AvgIpc) is 2.45. The van der Waals surface area contributed by atoms with E-state index in [2.05, 4.69) is 17.4 Å². The van der Waals surface area contributed by atoms with Gasteiger partial charge in [-0.05, 0) is 31.4 Å². The molecule has 1 aromatic rings. The van der Waals surface area contributed by atoms with Crippen molar-refractivity contribution in [1.29, 1.82) is 0 Å². The summed E-state index contributed by atoms with van der Waals surface area (Å²) < 4.78 is 5.70. The van der Waals surface area contributed by atoms with Crippen molar-refractivity contribution in [3.05, 3.63) is 35.4 Å². The molecular weight excluding hydrogens is 252 g/mol. The third kappa shape index (κ3) is 2.72. The lowest BCUT2D eigenvalue weighted by Crippen LogP contribution is -2.55. The number of nitrogens with one attached hydrogen (secondary N) is 1. The maximum absolute atomic E-state index is 12.7. The van der Waals surface area contributed by atoms with Crippen LogP contribution in [-0.4, -0.2) is 42.1 Å². The molecule has 0 aromatic heterocycles. The third-order valence-electron chi connectivity index (χ3n) is 4.11. The summed E-state index contributed by atoms with van der Waals surface area (Å²) in [7, 11) is 0. The highest BCUT2D eigenvalue weighted by molar-refractivity contribution is 5.82. The molecule has 2 unspecified atom stereocenters. The molecule has 2 aliphatic heterocycles. The smallest absolute Gasteiger partial charge is 0.240 e. The number of hydrogen-bond donors (Lipinski definition) is 1. The summed E-state index contributed by atoms with van der Waals surface area (Å²) in [4.78, 5) is 14.6. The molecule has 4 nitrogen and oxygen atoms in total. The minimum Gasteiger partial charge on any atom is -0.372 e. The van der Waals surface area contributed by atoms with Gasteiger partial charge in [0.15, 0.2) is 0 Å². The van der Waals surface area contributed by atoms with Gasteiger partial charge in [0.25, 0.3) is 0 Å². The average molecular weight is 274 g/mol. The van der Waals surface area contributed by atoms with Crippen LogP contribution < -0.4 is 5.32 Å². The lowest BCUT2D eigenvalue weighted by Gasteiger charge is -2.38. The highest BCUT2D eigenvalue weighted by Crippen LogP contribution is 2.19. The number of nitrogens with zero attached hydrogens (tertiary/aromatic N) is 1. The van der Waals surface area contributed by atoms with Crippen LogP contribution in [0.4, 0.5) is 0 Å². The molecule has 2 heterocycles. The maximum atomic E-state index is 12.7. The fraction of sp³-hybridized carbons (Fsp3) is 0.562. The van der Waals surface area contributed by atoms with Gasteiger partial charge in [-0.15, -0.1) is 0 Å². The third-order valence-corrected chi connectivity index (χ3v) is 4.11. The number of rotatable bonds is 1. The van der Waals surface area contributed by atoms with Crippen molar-refractivity contribution in [2.75, 3.05) is 13.1 Å². The number of hydrogen-bond acceptors (Lipinski definition) is 3. The first kappa shape index (κ1) is 13.6. The first-order valence-corrected chi connectivity index (χ1v) is 7.38. The van der Waals surface area contributed by atoms with Crippen molar-refractivity contribution in [1.82, 2.24) is 10.2 Å². The van der Waals surface area contributed by atoms with Gasteiger partial charge < -0.3 is 15.0 Å². The number of amides is 1. The van der Waals surface area contributed by atoms with Crippen LogP contribution in [0.2, 0.25) is 0 Å². The minimum atomic E-state index is -0.0950. The summed E-state index contributed by atoms with van der Waals surface area (Å²) in [5.41, 5.74) is 2.60. The van der Waals surface area contributed by atoms with E-state index in [4.69, 9.17) is 4.74 Å². The molecule has 0 radical (unpaired) electrons. The van der Waals surface area contributed by atoms with Gasteiger partial charge in [0.2, 0.25) is 5.91 Å². The molecule has 1 saturated heterocycles. The van der Waals surface area contributed by atoms with Crippen molar-refractivity contribution < 1.29 is 9.53 Å². The Labute approximate surface area is 120 Å². The van der Waals surface area contributed by atoms with Crippen molar-refractivity contribution in [2.24, 2.45) is 0 Å². The second kappa shape index (κ2) is 5.54. The first-order chi connectivity index (χ1) is 9.63. The zero-order valence-corrected chi connectivity index (χ0v) is 12.1. The number of ether oxygens (including phenoxy) is 1. The molecule has 1 N–H and O–H groups in total. The van der Waals surface area contributed by atoms with Crippen LogP contribution in [-0.2, 0) is 22.5 Å². The molecule has 2 aliphatic rings. The number of morpholine rings is 1. The van der Waals surface area contributed by atoms with Crippen LogP contribution in [0.5, 0.6) is 0 Å². The summed E-state index contributed by atoms with van der Waals surface area (Å²) in [5.74, 6) is 0.210. The Kier molecular flexibility index (Phi) is 3.76. The van der Waals surface area contributed by atoms with Crippen LogP contribution in [0, 0.1) is 0 Å². The van der Waals surface area contributed by atoms with E-state index in [1.165, 1.54) is 11.1 Å². The molecule has 0 bridgehead atoms. The van der Waals surface area contributed by atoms with Crippen LogP contribution in [0.1, 0.15) is 25.0 Å². The van der Waals surface area contributed by atoms with E-state index in [-0.39, 0.29) is 24.2 Å². The molecule has 3 atom stereocenters. The monoisotopic (exact) mass is 274 g/mol. The van der Waals surface area contributed by atoms with Gasteiger partial charge in [-0.3, -0.25) is 4.79 Å². The first-order valence-electron chi connectivity index (χ1n) is 7.38. The van der Waals surface area contributed by atoms with Gasteiger partial charge >= 0.3 is 0 Å². The van der Waals surface area contributed by atoms with E-state index >= 15 is 0 Å². The standard InChI is InChI=1S/C16H22N2O2/c1-11-9-18(10-12(2)20-11)16(19)15-7-13-5-3-4-6-14(13)8-17-15/h3-6,11-12,15,17H,7-10H2,1-2H3/t11?,12?,15-/m0/s1. The Morgan fingerprint density at radius 1 is 1.20 bits per heavy atom. The lowest BCUT2D eigenvalue weighted by atomic mass is 9.95. The fourth-order valence-corrected chi connectivity index (χ4v) is 3.21. The Morgan fingerprint density at radius 2 is 1.85 bits per heavy atom. The van der Waals surface area contributed by atoms with Crippen LogP contribution in [0.25, 0.3) is 0 Å². The van der Waals surface area contributed by atoms with E-state index < -0.39 is 0 Å². The highest BCUT2D eigenvalue weighted by Gasteiger charge is 2.32. The maximum Gasteiger partial charge on any atom is 0.240 e. The zero-order chi connectivity index (χ0) is 14.1. The summed E-state index contributed by atoms with van der Waals surface area (Å²) in [6, 6.07) is 8.25. The van der Waals surface area contributed by atoms with Crippen molar-refractivity contribution >= 4 is 5.91 Å². The minimum absolute atomic E-state index is 0.0950. The normalized spacial score (nSPS) is 29.9. The largest absolute Gasteiger partial charge is 0.372 e. The van der Waals surface area contributed by atoms with Gasteiger partial charge in [-0.2, -0.15) is 0 Å². The molecule has 20 heavy (non-hydrogen) atoms. The number of benzene rings is 1. The topological polar surface area (TPSA) is 41.6 Å². The Bertz CT molecular complexity index is 493. The van der Waals surface area contributed by atoms with E-state index in [0.717, 1.165) is 13.0 Å². The van der Waals surface area contributed by atoms with Gasteiger partial charge in [0.05, 0.1) is 18.2 Å². The van der Waals surface area contributed by atoms with E-state index in [9.17, 15) is 4.79 Å². The van der Waals surface area contributed by atoms with E-state index in [1.807, 2.05) is 30.9 Å². The van der Waals surface area contributed by atoms with Crippen LogP contribution in [0.15, 0.2) is 24.3 Å². The van der Waals surface area contributed by atoms with E-state index in [0.29, 0.717) is 13.1 Å². The molecule has 0 spiro atoms. The zero-order valence-electron chi connectivity index (χ0n) is 12.1. The quantitative estimate of drug-likeness (QED) is 0.840. The van der Waals surface area contributed by atoms with Crippen LogP contribution in [0.3, 0.4) is 0 Å². The molecule has 1 fully saturated rings. The Morgan fingerprint density at radius 3 is 2.55 bits per heavy atom. The summed E-state index contributed by atoms with van der Waals surface area (Å²) in [6.07, 6.45) is 1.03. The van der Waals surface area contributed by atoms with Gasteiger partial charge in [-0.1, -0.05) is 24.3 Å². The second-order valence-corrected chi connectivity index (χ2v) is 5.91. The SMILES string of the molecule is CC1CN(C(=O)[C@@H]2Cc3ccccc3CN2)CC(C)O1. The lowest BCUT2D eigenvalue weighted by molar-refractivity contribution is -0.145. The summed E-state index contributed by atoms with van der Waals surface area (Å²) in [6.45, 7) is 6.23. The van der Waals surface area contributed by atoms with Crippen molar-refractivity contribution in [2.45, 2.75) is 45.1 Å². The molecule has 0 saturated carbocycles. The Hall–Kier alpha value is -1.39. The molecule has 3 rings (SSSR count). The molecule has 1 aromatic carbocycles. The highest BCUT2D eigenvalue weighted by atomic mass is 16.5. The predicted molar refractivity (Wildman–Crippen MR) is 77.4 cm³/mol. The van der Waals surface area contributed by atoms with Crippen molar-refractivity contribution in [3.8, 4) is 0 Å². The van der Waals surface area contributed by atoms with Crippen molar-refractivity contribution in [3.63, 3.8) is 0 Å². The molecule has 0 aliphatic carbocycles. The van der Waals surface area contributed by atoms with E-state index in [1.54, 1.807) is 0 Å². The van der Waals surface area contributed by atoms with Gasteiger partial charge in [0.1, 0.15) is 0 Å². The number of carbonyl (C=O) groups is 1. The predicted octanol–water partition coefficient (Wildman–Crippen LogP) is 1.34. The fourth-order valence-electron chi connectivity index (χ4n) is 3.21. The summed E-state index contributed by atoms with van der Waals surface area (Å²) >= 11 is 0. The second-order valence-electron chi connectivity index (χ2n) is 5.91. The molecule has 1 amide bonds. The molecule has 4 heteroatoms. The summed E-state index contributed by atoms with van der Waals surface area (Å²) in [5, 5.41) is 3.37. The number of carbonyl (C=O) groups excluding carboxylic acids is 1. The Balaban J connectivity index is 1.69.